The number of amides is 2. The van der Waals surface area contributed by atoms with Crippen LogP contribution in [-0.4, -0.2) is 46.7 Å². The molecule has 4 rings (SSSR count). The first-order chi connectivity index (χ1) is 15.4. The Bertz CT molecular complexity index is 1230. The summed E-state index contributed by atoms with van der Waals surface area (Å²) in [5, 5.41) is 19.9. The Labute approximate surface area is 185 Å². The second-order valence-corrected chi connectivity index (χ2v) is 7.76. The number of nitrogens with one attached hydrogen (secondary N) is 2. The molecule has 1 aliphatic heterocycles. The van der Waals surface area contributed by atoms with E-state index in [0.717, 1.165) is 16.7 Å². The van der Waals surface area contributed by atoms with Gasteiger partial charge >= 0.3 is 0 Å². The van der Waals surface area contributed by atoms with E-state index in [0.29, 0.717) is 29.2 Å². The highest BCUT2D eigenvalue weighted by Crippen LogP contribution is 2.33. The van der Waals surface area contributed by atoms with Gasteiger partial charge in [0.1, 0.15) is 24.2 Å². The van der Waals surface area contributed by atoms with Gasteiger partial charge in [0, 0.05) is 13.5 Å². The van der Waals surface area contributed by atoms with Gasteiger partial charge in [0.2, 0.25) is 5.82 Å². The second kappa shape index (κ2) is 8.51. The number of H-pyrrole nitrogens is 1. The van der Waals surface area contributed by atoms with Crippen molar-refractivity contribution >= 4 is 17.5 Å². The van der Waals surface area contributed by atoms with E-state index in [1.165, 1.54) is 4.90 Å². The van der Waals surface area contributed by atoms with Gasteiger partial charge in [-0.05, 0) is 37.1 Å². The van der Waals surface area contributed by atoms with E-state index in [2.05, 4.69) is 26.6 Å². The summed E-state index contributed by atoms with van der Waals surface area (Å²) in [6, 6.07) is 12.5. The number of fused-ring (bicyclic) bond motifs is 1. The van der Waals surface area contributed by atoms with Crippen molar-refractivity contribution in [3.8, 4) is 11.8 Å². The molecule has 0 saturated heterocycles. The van der Waals surface area contributed by atoms with Gasteiger partial charge in [-0.2, -0.15) is 5.26 Å². The molecule has 1 aromatic heterocycles. The van der Waals surface area contributed by atoms with Crippen LogP contribution in [0.25, 0.3) is 0 Å². The monoisotopic (exact) mass is 430 g/mol. The fourth-order valence-corrected chi connectivity index (χ4v) is 3.47. The van der Waals surface area contributed by atoms with E-state index in [1.807, 2.05) is 31.2 Å². The van der Waals surface area contributed by atoms with Crippen LogP contribution in [0.2, 0.25) is 0 Å². The molecule has 1 aliphatic rings. The molecule has 2 N–H and O–H groups in total. The van der Waals surface area contributed by atoms with Crippen LogP contribution >= 0.6 is 0 Å². The van der Waals surface area contributed by atoms with Crippen LogP contribution in [0.5, 0.6) is 5.75 Å². The minimum atomic E-state index is -0.920. The Morgan fingerprint density at radius 1 is 1.28 bits per heavy atom. The van der Waals surface area contributed by atoms with Gasteiger partial charge in [0.15, 0.2) is 0 Å². The lowest BCUT2D eigenvalue weighted by molar-refractivity contribution is -0.120. The van der Waals surface area contributed by atoms with Gasteiger partial charge < -0.3 is 19.9 Å². The molecule has 2 heterocycles. The summed E-state index contributed by atoms with van der Waals surface area (Å²) in [5.41, 5.74) is 3.88. The predicted molar refractivity (Wildman–Crippen MR) is 116 cm³/mol. The molecule has 2 aromatic carbocycles. The summed E-state index contributed by atoms with van der Waals surface area (Å²) in [6.07, 6.45) is 0.505. The summed E-state index contributed by atoms with van der Waals surface area (Å²) in [7, 11) is 1.58. The van der Waals surface area contributed by atoms with E-state index in [4.69, 9.17) is 4.74 Å². The molecule has 0 saturated carbocycles. The standard InChI is InChI=1S/C23H22N6O3/c1-13-4-6-15(7-5-13)9-20-26-21(28-27-20)22(30)25-17-12-32-19-8-14(2)16(11-24)10-18(19)29(3)23(17)31/h4-8,10,17H,9,12H2,1-3H3,(H,25,30)(H,26,27,28). The fourth-order valence-electron chi connectivity index (χ4n) is 3.47. The first kappa shape index (κ1) is 21.1. The van der Waals surface area contributed by atoms with Crippen molar-refractivity contribution in [2.45, 2.75) is 26.3 Å². The highest BCUT2D eigenvalue weighted by atomic mass is 16.5. The Morgan fingerprint density at radius 3 is 2.75 bits per heavy atom. The van der Waals surface area contributed by atoms with Crippen LogP contribution in [0.15, 0.2) is 36.4 Å². The van der Waals surface area contributed by atoms with Crippen molar-refractivity contribution in [2.24, 2.45) is 0 Å². The number of rotatable bonds is 4. The summed E-state index contributed by atoms with van der Waals surface area (Å²) in [6.45, 7) is 3.77. The molecule has 0 bridgehead atoms. The molecule has 9 nitrogen and oxygen atoms in total. The topological polar surface area (TPSA) is 124 Å². The number of aromatic nitrogens is 3. The van der Waals surface area contributed by atoms with Crippen molar-refractivity contribution < 1.29 is 14.3 Å². The summed E-state index contributed by atoms with van der Waals surface area (Å²) >= 11 is 0. The van der Waals surface area contributed by atoms with Crippen LogP contribution in [0.1, 0.15) is 38.7 Å². The minimum absolute atomic E-state index is 0.0203. The van der Waals surface area contributed by atoms with Crippen LogP contribution in [0.3, 0.4) is 0 Å². The third-order valence-corrected chi connectivity index (χ3v) is 5.37. The molecule has 1 atom stereocenters. The van der Waals surface area contributed by atoms with Crippen LogP contribution in [0, 0.1) is 25.2 Å². The number of nitrogens with zero attached hydrogens (tertiary/aromatic N) is 4. The zero-order valence-corrected chi connectivity index (χ0v) is 18.0. The number of nitriles is 1. The van der Waals surface area contributed by atoms with E-state index in [9.17, 15) is 14.9 Å². The Morgan fingerprint density at radius 2 is 2.03 bits per heavy atom. The maximum absolute atomic E-state index is 12.9. The maximum atomic E-state index is 12.9. The SMILES string of the molecule is Cc1ccc(Cc2nnc(C(=O)NC3COc4cc(C)c(C#N)cc4N(C)C3=O)[nH]2)cc1. The van der Waals surface area contributed by atoms with Crippen molar-refractivity contribution in [2.75, 3.05) is 18.6 Å². The molecular weight excluding hydrogens is 408 g/mol. The Kier molecular flexibility index (Phi) is 5.60. The lowest BCUT2D eigenvalue weighted by atomic mass is 10.1. The third-order valence-electron chi connectivity index (χ3n) is 5.37. The number of carbonyl (C=O) groups is 2. The first-order valence-corrected chi connectivity index (χ1v) is 10.1. The number of hydrogen-bond donors (Lipinski definition) is 2. The number of anilines is 1. The van der Waals surface area contributed by atoms with Gasteiger partial charge in [-0.15, -0.1) is 10.2 Å². The quantitative estimate of drug-likeness (QED) is 0.653. The molecule has 1 unspecified atom stereocenters. The predicted octanol–water partition coefficient (Wildman–Crippen LogP) is 2.04. The second-order valence-electron chi connectivity index (χ2n) is 7.76. The van der Waals surface area contributed by atoms with Crippen molar-refractivity contribution in [1.29, 1.82) is 5.26 Å². The zero-order chi connectivity index (χ0) is 22.8. The fraction of sp³-hybridized carbons (Fsp3) is 0.261. The molecule has 0 spiro atoms. The van der Waals surface area contributed by atoms with Crippen molar-refractivity contribution in [1.82, 2.24) is 20.5 Å². The van der Waals surface area contributed by atoms with E-state index in [1.54, 1.807) is 26.1 Å². The number of aryl methyl sites for hydroxylation is 2. The first-order valence-electron chi connectivity index (χ1n) is 10.1. The third kappa shape index (κ3) is 4.16. The lowest BCUT2D eigenvalue weighted by Gasteiger charge is -2.20. The molecule has 9 heteroatoms. The van der Waals surface area contributed by atoms with Gasteiger partial charge in [-0.25, -0.2) is 0 Å². The average Bonchev–Trinajstić information content (AvgIpc) is 3.22. The van der Waals surface area contributed by atoms with E-state index >= 15 is 0 Å². The number of hydrogen-bond acceptors (Lipinski definition) is 6. The van der Waals surface area contributed by atoms with Gasteiger partial charge in [0.25, 0.3) is 11.8 Å². The van der Waals surface area contributed by atoms with E-state index in [-0.39, 0.29) is 18.3 Å². The van der Waals surface area contributed by atoms with Gasteiger partial charge in [0.05, 0.1) is 17.3 Å². The molecule has 0 radical (unpaired) electrons. The zero-order valence-electron chi connectivity index (χ0n) is 18.0. The molecule has 2 amide bonds. The lowest BCUT2D eigenvalue weighted by Crippen LogP contribution is -2.49. The average molecular weight is 430 g/mol. The molecule has 0 fully saturated rings. The van der Waals surface area contributed by atoms with Gasteiger partial charge in [-0.1, -0.05) is 29.8 Å². The van der Waals surface area contributed by atoms with Crippen molar-refractivity contribution in [3.05, 3.63) is 70.3 Å². The van der Waals surface area contributed by atoms with Gasteiger partial charge in [-0.3, -0.25) is 9.59 Å². The highest BCUT2D eigenvalue weighted by Gasteiger charge is 2.32. The highest BCUT2D eigenvalue weighted by molar-refractivity contribution is 6.02. The molecule has 0 aliphatic carbocycles. The molecule has 32 heavy (non-hydrogen) atoms. The summed E-state index contributed by atoms with van der Waals surface area (Å²) in [4.78, 5) is 29.9. The molecule has 3 aromatic rings. The van der Waals surface area contributed by atoms with E-state index < -0.39 is 11.9 Å². The minimum Gasteiger partial charge on any atom is -0.489 e. The number of carbonyl (C=O) groups excluding carboxylic acids is 2. The summed E-state index contributed by atoms with van der Waals surface area (Å²) in [5.74, 6) is 0.139. The van der Waals surface area contributed by atoms with Crippen LogP contribution in [-0.2, 0) is 11.2 Å². The number of likely N-dealkylation sites (N-methyl/N-ethyl adjacent to an activating group) is 1. The smallest absolute Gasteiger partial charge is 0.289 e. The van der Waals surface area contributed by atoms with Crippen LogP contribution in [0.4, 0.5) is 5.69 Å². The van der Waals surface area contributed by atoms with Crippen molar-refractivity contribution in [3.63, 3.8) is 0 Å². The Hall–Kier alpha value is -4.19. The van der Waals surface area contributed by atoms with Crippen LogP contribution < -0.4 is 15.0 Å². The largest absolute Gasteiger partial charge is 0.489 e. The number of benzene rings is 2. The molecular formula is C23H22N6O3. The normalized spacial score (nSPS) is 15.4. The molecule has 162 valence electrons. The Balaban J connectivity index is 1.47. The number of ether oxygens (including phenoxy) is 1. The summed E-state index contributed by atoms with van der Waals surface area (Å²) < 4.78 is 5.78. The number of aromatic amines is 1. The maximum Gasteiger partial charge on any atom is 0.289 e.